The van der Waals surface area contributed by atoms with Crippen LogP contribution in [0.2, 0.25) is 0 Å². The fraction of sp³-hybridized carbons (Fsp3) is 0.608. The molecule has 0 bridgehead atoms. The number of nitrogens with one attached hydrogen (secondary N) is 19. The van der Waals surface area contributed by atoms with Gasteiger partial charge in [0.2, 0.25) is 100 Å². The number of carboxylic acids is 2. The van der Waals surface area contributed by atoms with E-state index in [1.165, 1.54) is 63.9 Å². The van der Waals surface area contributed by atoms with Crippen LogP contribution in [0.5, 0.6) is 0 Å². The number of unbranched alkanes of at least 4 members (excludes halogenated alkanes) is 13. The summed E-state index contributed by atoms with van der Waals surface area (Å²) < 4.78 is 10.9. The van der Waals surface area contributed by atoms with Crippen molar-refractivity contribution in [2.45, 2.75) is 279 Å². The van der Waals surface area contributed by atoms with Crippen LogP contribution in [0.1, 0.15) is 204 Å². The number of imidazole rings is 1. The number of nitrogens with zero attached hydrogens (tertiary/aromatic N) is 6. The first-order valence-electron chi connectivity index (χ1n) is 50.8. The molecule has 3 aliphatic heterocycles. The van der Waals surface area contributed by atoms with Gasteiger partial charge in [0, 0.05) is 103 Å². The molecule has 0 saturated carbocycles. The summed E-state index contributed by atoms with van der Waals surface area (Å²) in [6.45, 7) is -0.409. The van der Waals surface area contributed by atoms with Crippen LogP contribution in [0.15, 0.2) is 91.1 Å². The number of rotatable bonds is 63. The molecule has 12 atom stereocenters. The van der Waals surface area contributed by atoms with Gasteiger partial charge in [-0.05, 0) is 91.3 Å². The number of aliphatic carboxylic acids is 2. The number of aryl methyl sites for hydroxylation is 1. The third kappa shape index (κ3) is 50.3. The number of ether oxygens (including phenoxy) is 2. The number of carbonyl (C=O) groups is 19. The summed E-state index contributed by atoms with van der Waals surface area (Å²) in [6.07, 6.45) is 21.7. The lowest BCUT2D eigenvalue weighted by atomic mass is 9.98. The van der Waals surface area contributed by atoms with Crippen molar-refractivity contribution in [3.05, 3.63) is 108 Å². The number of aromatic nitrogens is 6. The minimum Gasteiger partial charge on any atom is -0.480 e. The van der Waals surface area contributed by atoms with Crippen molar-refractivity contribution in [1.82, 2.24) is 125 Å². The Balaban J connectivity index is 1.17. The number of aliphatic hydroxyl groups excluding tert-OH is 2. The molecule has 828 valence electrons. The molecule has 53 nitrogen and oxygen atoms in total. The molecule has 2 aromatic heterocycles. The monoisotopic (exact) mass is 2110 g/mol. The SMILES string of the molecule is C=C1/C=C\C=C/CN/C=C\1C[C@@H]1NC(=O)[C@H](CCCNC(=N)N)NC(=O)[C@@H](Cc2ccccc2)NC(=O)[C@@H]2C[C@@H](O)CN2C(=O)[C@@H](NC(=O)[C@H](CCCC)NC(=O)[C@H](CNC(=O)CN(CC(=O)O)CC(=O)O)NC(=O)[C@H](Cc2c[nH]cn2)NC(=O)[C@H](CCC(N)=O)NC(=O)[C@H](CO)NC(=O)CNC(=O)COCCOCCNC(=O)CCCCCCCCCCCCCCCc2nnn[nH]2)CCC(=O)NCCCC[C@@H](C(N)=O)NC1=O. The summed E-state index contributed by atoms with van der Waals surface area (Å²) in [6, 6.07) is -10.8. The normalized spacial score (nSPS) is 19.4. The lowest BCUT2D eigenvalue weighted by Crippen LogP contribution is -2.62. The molecule has 29 N–H and O–H groups in total. The van der Waals surface area contributed by atoms with Crippen LogP contribution in [0.3, 0.4) is 0 Å². The fourth-order valence-electron chi connectivity index (χ4n) is 16.3. The number of amides is 17. The molecular weight excluding hydrogens is 1960 g/mol. The van der Waals surface area contributed by atoms with E-state index in [9.17, 15) is 82.8 Å². The Morgan fingerprint density at radius 1 is 0.620 bits per heavy atom. The molecule has 1 aromatic carbocycles. The molecule has 0 radical (unpaired) electrons. The van der Waals surface area contributed by atoms with Crippen LogP contribution < -0.4 is 102 Å². The number of guanidine groups is 1. The highest BCUT2D eigenvalue weighted by Gasteiger charge is 2.45. The van der Waals surface area contributed by atoms with Crippen LogP contribution in [0.25, 0.3) is 0 Å². The topological polar surface area (TPSA) is 808 Å². The van der Waals surface area contributed by atoms with Gasteiger partial charge in [0.15, 0.2) is 5.96 Å². The van der Waals surface area contributed by atoms with Crippen LogP contribution >= 0.6 is 0 Å². The average Bonchev–Trinajstić information content (AvgIpc) is 1.65. The molecule has 17 amide bonds. The number of fused-ring (bicyclic) bond motifs is 1. The summed E-state index contributed by atoms with van der Waals surface area (Å²) in [5, 5.41) is 104. The summed E-state index contributed by atoms with van der Waals surface area (Å²) in [4.78, 5) is 274. The van der Waals surface area contributed by atoms with E-state index in [2.05, 4.69) is 122 Å². The van der Waals surface area contributed by atoms with Crippen LogP contribution in [-0.2, 0) is 120 Å². The predicted octanol–water partition coefficient (Wildman–Crippen LogP) is -5.10. The highest BCUT2D eigenvalue weighted by molar-refractivity contribution is 6.01. The Hall–Kier alpha value is -14.7. The predicted molar refractivity (Wildman–Crippen MR) is 540 cm³/mol. The first-order valence-corrected chi connectivity index (χ1v) is 50.8. The largest absolute Gasteiger partial charge is 0.480 e. The van der Waals surface area contributed by atoms with Gasteiger partial charge in [-0.15, -0.1) is 5.10 Å². The number of hydrogen-bond donors (Lipinski definition) is 26. The molecule has 0 unspecified atom stereocenters. The molecule has 150 heavy (non-hydrogen) atoms. The van der Waals surface area contributed by atoms with E-state index in [-0.39, 0.29) is 109 Å². The highest BCUT2D eigenvalue weighted by atomic mass is 16.5. The number of primary amides is 2. The molecule has 3 aromatic rings. The molecule has 3 aliphatic rings. The van der Waals surface area contributed by atoms with E-state index in [0.29, 0.717) is 41.0 Å². The van der Waals surface area contributed by atoms with E-state index in [0.717, 1.165) is 49.2 Å². The lowest BCUT2D eigenvalue weighted by molar-refractivity contribution is -0.143. The van der Waals surface area contributed by atoms with Crippen LogP contribution in [-0.4, -0.2) is 350 Å². The van der Waals surface area contributed by atoms with E-state index >= 15 is 28.8 Å². The number of carbonyl (C=O) groups excluding carboxylic acids is 17. The van der Waals surface area contributed by atoms with Gasteiger partial charge in [0.25, 0.3) is 0 Å². The van der Waals surface area contributed by atoms with Crippen molar-refractivity contribution in [3.63, 3.8) is 0 Å². The van der Waals surface area contributed by atoms with Crippen molar-refractivity contribution >= 4 is 118 Å². The zero-order valence-corrected chi connectivity index (χ0v) is 84.9. The zero-order chi connectivity index (χ0) is 109. The van der Waals surface area contributed by atoms with E-state index < -0.39 is 276 Å². The van der Waals surface area contributed by atoms with Gasteiger partial charge < -0.3 is 142 Å². The quantitative estimate of drug-likeness (QED) is 0.0143. The number of hydrogen-bond acceptors (Lipinski definition) is 30. The third-order valence-corrected chi connectivity index (χ3v) is 24.4. The molecule has 5 heterocycles. The Morgan fingerprint density at radius 2 is 1.25 bits per heavy atom. The Bertz CT molecular complexity index is 4960. The van der Waals surface area contributed by atoms with Crippen molar-refractivity contribution in [3.8, 4) is 0 Å². The van der Waals surface area contributed by atoms with Crippen molar-refractivity contribution in [2.75, 3.05) is 98.5 Å². The molecule has 2 saturated heterocycles. The van der Waals surface area contributed by atoms with E-state index in [1.807, 2.05) is 6.08 Å². The fourth-order valence-corrected chi connectivity index (χ4v) is 16.3. The molecule has 2 fully saturated rings. The smallest absolute Gasteiger partial charge is 0.317 e. The third-order valence-electron chi connectivity index (χ3n) is 24.4. The van der Waals surface area contributed by atoms with E-state index in [4.69, 9.17) is 32.1 Å². The minimum absolute atomic E-state index is 0.00402. The molecule has 53 heteroatoms. The second kappa shape index (κ2) is 70.2. The van der Waals surface area contributed by atoms with Gasteiger partial charge in [-0.3, -0.25) is 101 Å². The highest BCUT2D eigenvalue weighted by Crippen LogP contribution is 2.24. The first-order chi connectivity index (χ1) is 72.0. The van der Waals surface area contributed by atoms with Crippen molar-refractivity contribution < 1.29 is 121 Å². The molecule has 0 aliphatic carbocycles. The van der Waals surface area contributed by atoms with Crippen LogP contribution in [0, 0.1) is 5.41 Å². The van der Waals surface area contributed by atoms with Crippen molar-refractivity contribution in [1.29, 1.82) is 5.41 Å². The maximum Gasteiger partial charge on any atom is 0.317 e. The number of tetrazole rings is 1. The van der Waals surface area contributed by atoms with Gasteiger partial charge in [0.1, 0.15) is 78.9 Å². The molecular formula is C97H150N28O25. The van der Waals surface area contributed by atoms with Crippen LogP contribution in [0.4, 0.5) is 0 Å². The Morgan fingerprint density at radius 3 is 1.90 bits per heavy atom. The summed E-state index contributed by atoms with van der Waals surface area (Å²) in [7, 11) is 0. The van der Waals surface area contributed by atoms with Gasteiger partial charge in [-0.2, -0.15) is 0 Å². The number of aliphatic hydroxyl groups is 2. The van der Waals surface area contributed by atoms with Gasteiger partial charge in [-0.1, -0.05) is 152 Å². The Labute approximate surface area is 868 Å². The minimum atomic E-state index is -2.08. The number of H-pyrrole nitrogens is 2. The number of benzene rings is 1. The second-order valence-corrected chi connectivity index (χ2v) is 36.7. The molecule has 0 spiro atoms. The zero-order valence-electron chi connectivity index (χ0n) is 84.9. The van der Waals surface area contributed by atoms with Gasteiger partial charge in [0.05, 0.1) is 70.7 Å². The summed E-state index contributed by atoms with van der Waals surface area (Å²) in [5.74, 6) is -19.6. The first kappa shape index (κ1) is 124. The summed E-state index contributed by atoms with van der Waals surface area (Å²) >= 11 is 0. The standard InChI is InChI=1S/C97H150N28O25/c1-3-4-30-67(87(139)115-70-36-38-80(130)104-40-25-23-31-66(86(99)138)111-91(143)72(47-63-50-102-39-24-17-18-27-61(63)2)116-88(140)68(32-26-41-106-97(100)101)112-90(142)71(46-62-28-19-16-20-29-62)118-95(147)76-49-65(127)54-125(76)96(70)148)113-93(145)74(52-107-82(132)55-124(56-84(134)135)57-85(136)137)119-92(144)73(48-64-51-103-60-109-64)117-89(141)69(35-37-77(98)128)114-94(146)75(58-126)110-81(131)53-108-83(133)59-150-45-44-149-43-42-105-79(129)34-22-15-13-11-9-7-5-6-8-10-12-14-21-33-78-120-122-123-121-78/h16-20,24,27-29,50-51,60,65-76,102,126-127H,2-15,21-23,25-26,30-49,52-59H2,1H3,(H2,98,128)(H2,99,138)(H,103,109)(H,104,130)(H,105,129)(H,107,132)(H,108,133)(H,110,131)(H,111,143)(H,112,142)(H,113,145)(H,114,146)(H,115,139)(H,116,140)(H,117,141)(H,118,147)(H,119,144)(H,134,135)(H,136,137)(H4,100,101,106)(H,120,121,122,123)/b24-17-,27-18-,63-50-/t65-,66+,67+,68+,69+,70+,71-,72+,73+,74+,75+,76+/m1/s1. The number of allylic oxidation sites excluding steroid dienone is 4. The number of aromatic amines is 2. The lowest BCUT2D eigenvalue weighted by Gasteiger charge is -2.31. The second-order valence-electron chi connectivity index (χ2n) is 36.7. The maximum atomic E-state index is 15.6. The van der Waals surface area contributed by atoms with Crippen molar-refractivity contribution in [2.24, 2.45) is 17.2 Å². The maximum absolute atomic E-state index is 15.6. The van der Waals surface area contributed by atoms with Gasteiger partial charge in [-0.25, -0.2) is 10.1 Å². The number of nitrogens with two attached hydrogens (primary N) is 3. The summed E-state index contributed by atoms with van der Waals surface area (Å²) in [5.41, 5.74) is 18.4. The number of carboxylic acid groups (broad SMARTS) is 2. The average molecular weight is 2110 g/mol. The molecule has 6 rings (SSSR count). The van der Waals surface area contributed by atoms with Gasteiger partial charge >= 0.3 is 11.9 Å². The van der Waals surface area contributed by atoms with E-state index in [1.54, 1.807) is 61.7 Å². The Kier molecular flexibility index (Phi) is 58.0.